The van der Waals surface area contributed by atoms with E-state index in [4.69, 9.17) is 0 Å². The minimum absolute atomic E-state index is 0.691. The summed E-state index contributed by atoms with van der Waals surface area (Å²) in [4.78, 5) is 4.46. The van der Waals surface area contributed by atoms with E-state index in [1.807, 2.05) is 6.20 Å². The summed E-state index contributed by atoms with van der Waals surface area (Å²) < 4.78 is 2.35. The number of imidazole rings is 1. The summed E-state index contributed by atoms with van der Waals surface area (Å²) in [5.41, 5.74) is 0. The van der Waals surface area contributed by atoms with Crippen LogP contribution in [-0.2, 0) is 0 Å². The van der Waals surface area contributed by atoms with Gasteiger partial charge in [0.15, 0.2) is 0 Å². The van der Waals surface area contributed by atoms with Gasteiger partial charge in [-0.3, -0.25) is 0 Å². The summed E-state index contributed by atoms with van der Waals surface area (Å²) in [5, 5.41) is 3.54. The van der Waals surface area contributed by atoms with E-state index in [2.05, 4.69) is 28.0 Å². The van der Waals surface area contributed by atoms with Crippen molar-refractivity contribution in [2.75, 3.05) is 11.9 Å². The van der Waals surface area contributed by atoms with Crippen LogP contribution in [-0.4, -0.2) is 16.1 Å². The zero-order valence-electron chi connectivity index (χ0n) is 10.7. The fourth-order valence-corrected chi connectivity index (χ4v) is 3.01. The van der Waals surface area contributed by atoms with Crippen molar-refractivity contribution < 1.29 is 0 Å². The largest absolute Gasteiger partial charge is 0.355 e. The minimum atomic E-state index is 0.691. The van der Waals surface area contributed by atoms with Crippen LogP contribution in [0.25, 0.3) is 0 Å². The van der Waals surface area contributed by atoms with Gasteiger partial charge >= 0.3 is 0 Å². The molecule has 2 saturated carbocycles. The summed E-state index contributed by atoms with van der Waals surface area (Å²) >= 11 is 0. The van der Waals surface area contributed by atoms with E-state index in [1.54, 1.807) is 0 Å². The third-order valence-corrected chi connectivity index (χ3v) is 4.40. The number of nitrogens with zero attached hydrogens (tertiary/aromatic N) is 2. The second kappa shape index (κ2) is 4.71. The van der Waals surface area contributed by atoms with Gasteiger partial charge in [0, 0.05) is 25.0 Å². The normalized spacial score (nSPS) is 22.9. The minimum Gasteiger partial charge on any atom is -0.355 e. The Hall–Kier alpha value is -0.990. The second-order valence-corrected chi connectivity index (χ2v) is 5.79. The second-order valence-electron chi connectivity index (χ2n) is 5.79. The first kappa shape index (κ1) is 11.1. The van der Waals surface area contributed by atoms with Crippen molar-refractivity contribution in [1.29, 1.82) is 0 Å². The Morgan fingerprint density at radius 1 is 1.35 bits per heavy atom. The molecule has 0 bridgehead atoms. The van der Waals surface area contributed by atoms with Gasteiger partial charge in [-0.15, -0.1) is 0 Å². The Morgan fingerprint density at radius 3 is 2.82 bits per heavy atom. The highest BCUT2D eigenvalue weighted by atomic mass is 15.2. The summed E-state index contributed by atoms with van der Waals surface area (Å²) in [6, 6.07) is 0.691. The SMILES string of the molecule is CC(CNc1nccn1C1CCCC1)C1CC1. The lowest BCUT2D eigenvalue weighted by Crippen LogP contribution is -2.17. The van der Waals surface area contributed by atoms with E-state index < -0.39 is 0 Å². The highest BCUT2D eigenvalue weighted by molar-refractivity contribution is 5.27. The standard InChI is InChI=1S/C14H23N3/c1-11(12-6-7-12)10-16-14-15-8-9-17(14)13-4-2-3-5-13/h8-9,11-13H,2-7,10H2,1H3,(H,15,16). The van der Waals surface area contributed by atoms with Gasteiger partial charge < -0.3 is 9.88 Å². The van der Waals surface area contributed by atoms with Crippen LogP contribution >= 0.6 is 0 Å². The zero-order valence-corrected chi connectivity index (χ0v) is 10.7. The van der Waals surface area contributed by atoms with Crippen molar-refractivity contribution in [1.82, 2.24) is 9.55 Å². The van der Waals surface area contributed by atoms with Gasteiger partial charge in [0.1, 0.15) is 0 Å². The molecule has 1 unspecified atom stereocenters. The van der Waals surface area contributed by atoms with Gasteiger partial charge in [-0.1, -0.05) is 19.8 Å². The van der Waals surface area contributed by atoms with Crippen molar-refractivity contribution in [3.8, 4) is 0 Å². The summed E-state index contributed by atoms with van der Waals surface area (Å²) in [7, 11) is 0. The molecule has 2 fully saturated rings. The van der Waals surface area contributed by atoms with Gasteiger partial charge in [-0.05, 0) is 37.5 Å². The number of aromatic nitrogens is 2. The highest BCUT2D eigenvalue weighted by Gasteiger charge is 2.28. The molecule has 0 aliphatic heterocycles. The third-order valence-electron chi connectivity index (χ3n) is 4.40. The van der Waals surface area contributed by atoms with E-state index in [0.717, 1.165) is 24.3 Å². The molecule has 2 aliphatic carbocycles. The molecule has 0 aromatic carbocycles. The van der Waals surface area contributed by atoms with Crippen LogP contribution < -0.4 is 5.32 Å². The molecule has 1 aromatic heterocycles. The molecule has 3 nitrogen and oxygen atoms in total. The van der Waals surface area contributed by atoms with Gasteiger partial charge in [0.25, 0.3) is 0 Å². The number of hydrogen-bond donors (Lipinski definition) is 1. The molecule has 94 valence electrons. The van der Waals surface area contributed by atoms with Gasteiger partial charge in [0.05, 0.1) is 0 Å². The van der Waals surface area contributed by atoms with E-state index >= 15 is 0 Å². The lowest BCUT2D eigenvalue weighted by molar-refractivity contribution is 0.508. The fourth-order valence-electron chi connectivity index (χ4n) is 3.01. The molecule has 3 rings (SSSR count). The molecule has 1 aromatic rings. The van der Waals surface area contributed by atoms with Crippen molar-refractivity contribution in [3.05, 3.63) is 12.4 Å². The van der Waals surface area contributed by atoms with Crippen LogP contribution in [0.15, 0.2) is 12.4 Å². The Labute approximate surface area is 104 Å². The van der Waals surface area contributed by atoms with Gasteiger partial charge in [-0.2, -0.15) is 0 Å². The van der Waals surface area contributed by atoms with E-state index in [0.29, 0.717) is 6.04 Å². The Balaban J connectivity index is 1.60. The van der Waals surface area contributed by atoms with Crippen LogP contribution in [0, 0.1) is 11.8 Å². The molecule has 2 aliphatic rings. The van der Waals surface area contributed by atoms with E-state index in [9.17, 15) is 0 Å². The highest BCUT2D eigenvalue weighted by Crippen LogP contribution is 2.37. The molecule has 1 N–H and O–H groups in total. The molecular weight excluding hydrogens is 210 g/mol. The Kier molecular flexibility index (Phi) is 3.08. The molecule has 17 heavy (non-hydrogen) atoms. The predicted octanol–water partition coefficient (Wildman–Crippen LogP) is 3.46. The first-order chi connectivity index (χ1) is 8.34. The van der Waals surface area contributed by atoms with Crippen LogP contribution in [0.1, 0.15) is 51.5 Å². The molecule has 0 amide bonds. The predicted molar refractivity (Wildman–Crippen MR) is 70.1 cm³/mol. The third kappa shape index (κ3) is 2.48. The lowest BCUT2D eigenvalue weighted by atomic mass is 10.1. The lowest BCUT2D eigenvalue weighted by Gasteiger charge is -2.17. The summed E-state index contributed by atoms with van der Waals surface area (Å²) in [6.45, 7) is 3.43. The van der Waals surface area contributed by atoms with E-state index in [-0.39, 0.29) is 0 Å². The average molecular weight is 233 g/mol. The maximum absolute atomic E-state index is 4.46. The number of anilines is 1. The number of hydrogen-bond acceptors (Lipinski definition) is 2. The van der Waals surface area contributed by atoms with Crippen LogP contribution in [0.3, 0.4) is 0 Å². The number of nitrogens with one attached hydrogen (secondary N) is 1. The van der Waals surface area contributed by atoms with Crippen LogP contribution in [0.5, 0.6) is 0 Å². The van der Waals surface area contributed by atoms with Crippen molar-refractivity contribution in [3.63, 3.8) is 0 Å². The maximum atomic E-state index is 4.46. The topological polar surface area (TPSA) is 29.9 Å². The van der Waals surface area contributed by atoms with Crippen LogP contribution in [0.4, 0.5) is 5.95 Å². The van der Waals surface area contributed by atoms with Crippen molar-refractivity contribution in [2.24, 2.45) is 11.8 Å². The first-order valence-corrected chi connectivity index (χ1v) is 7.11. The van der Waals surface area contributed by atoms with Gasteiger partial charge in [0.2, 0.25) is 5.95 Å². The molecule has 0 radical (unpaired) electrons. The fraction of sp³-hybridized carbons (Fsp3) is 0.786. The van der Waals surface area contributed by atoms with Gasteiger partial charge in [-0.25, -0.2) is 4.98 Å². The quantitative estimate of drug-likeness (QED) is 0.844. The summed E-state index contributed by atoms with van der Waals surface area (Å²) in [6.07, 6.45) is 12.3. The average Bonchev–Trinajstić information content (AvgIpc) is 2.88. The number of rotatable bonds is 5. The van der Waals surface area contributed by atoms with Crippen molar-refractivity contribution >= 4 is 5.95 Å². The molecule has 1 atom stereocenters. The molecular formula is C14H23N3. The van der Waals surface area contributed by atoms with E-state index in [1.165, 1.54) is 38.5 Å². The Morgan fingerprint density at radius 2 is 2.12 bits per heavy atom. The molecule has 0 saturated heterocycles. The van der Waals surface area contributed by atoms with Crippen LogP contribution in [0.2, 0.25) is 0 Å². The first-order valence-electron chi connectivity index (χ1n) is 7.11. The molecule has 0 spiro atoms. The molecule has 1 heterocycles. The Bertz CT molecular complexity index is 361. The zero-order chi connectivity index (χ0) is 11.7. The maximum Gasteiger partial charge on any atom is 0.203 e. The summed E-state index contributed by atoms with van der Waals surface area (Å²) in [5.74, 6) is 2.85. The van der Waals surface area contributed by atoms with Crippen molar-refractivity contribution in [2.45, 2.75) is 51.5 Å². The monoisotopic (exact) mass is 233 g/mol. The smallest absolute Gasteiger partial charge is 0.203 e. The molecule has 3 heteroatoms.